The molecule has 3 rings (SSSR count). The van der Waals surface area contributed by atoms with E-state index >= 15 is 0 Å². The second kappa shape index (κ2) is 10.9. The molecule has 1 aliphatic heterocycles. The van der Waals surface area contributed by atoms with Gasteiger partial charge in [0.2, 0.25) is 0 Å². The summed E-state index contributed by atoms with van der Waals surface area (Å²) in [6.45, 7) is 2.90. The molecule has 1 aromatic rings. The lowest BCUT2D eigenvalue weighted by atomic mass is 9.93. The first-order valence-electron chi connectivity index (χ1n) is 10.5. The van der Waals surface area contributed by atoms with Crippen LogP contribution >= 0.6 is 11.6 Å². The first kappa shape index (κ1) is 24.9. The molecule has 1 fully saturated rings. The number of nitrogens with zero attached hydrogens (tertiary/aromatic N) is 1. The molecule has 1 heterocycles. The third-order valence-corrected chi connectivity index (χ3v) is 5.68. The summed E-state index contributed by atoms with van der Waals surface area (Å²) in [4.78, 5) is 26.5. The van der Waals surface area contributed by atoms with Crippen LogP contribution < -0.4 is 10.6 Å². The van der Waals surface area contributed by atoms with E-state index in [9.17, 15) is 22.8 Å². The molecule has 178 valence electrons. The van der Waals surface area contributed by atoms with Crippen LogP contribution in [0.2, 0.25) is 5.02 Å². The summed E-state index contributed by atoms with van der Waals surface area (Å²) < 4.78 is 39.7. The summed E-state index contributed by atoms with van der Waals surface area (Å²) in [7, 11) is 0. The van der Waals surface area contributed by atoms with Crippen molar-refractivity contribution in [2.24, 2.45) is 5.92 Å². The number of carbonyl (C=O) groups is 2. The fraction of sp³-hybridized carbons (Fsp3) is 0.391. The Morgan fingerprint density at radius 3 is 2.61 bits per heavy atom. The average Bonchev–Trinajstić information content (AvgIpc) is 2.73. The van der Waals surface area contributed by atoms with Gasteiger partial charge in [0.25, 0.3) is 11.8 Å². The maximum atomic E-state index is 12.4. The SMILES string of the molecule is CC1=C(C(=O)NCCOC(F)(F)F)C=CC/C1=C\NCC1CN(C(=O)c2ccc(Cl)cc2)C1. The minimum Gasteiger partial charge on any atom is -0.390 e. The fourth-order valence-corrected chi connectivity index (χ4v) is 3.71. The first-order valence-corrected chi connectivity index (χ1v) is 10.9. The molecule has 0 unspecified atom stereocenters. The quantitative estimate of drug-likeness (QED) is 0.552. The van der Waals surface area contributed by atoms with Crippen molar-refractivity contribution in [2.45, 2.75) is 19.7 Å². The number of carbonyl (C=O) groups excluding carboxylic acids is 2. The highest BCUT2D eigenvalue weighted by Gasteiger charge is 2.31. The molecule has 1 aromatic carbocycles. The van der Waals surface area contributed by atoms with Gasteiger partial charge >= 0.3 is 6.36 Å². The lowest BCUT2D eigenvalue weighted by Crippen LogP contribution is -2.52. The summed E-state index contributed by atoms with van der Waals surface area (Å²) in [6, 6.07) is 6.81. The lowest BCUT2D eigenvalue weighted by Gasteiger charge is -2.39. The Bertz CT molecular complexity index is 965. The minimum absolute atomic E-state index is 0.0197. The largest absolute Gasteiger partial charge is 0.522 e. The van der Waals surface area contributed by atoms with Crippen LogP contribution in [0, 0.1) is 5.92 Å². The molecule has 2 amide bonds. The molecule has 1 saturated heterocycles. The van der Waals surface area contributed by atoms with Crippen LogP contribution in [-0.4, -0.2) is 55.9 Å². The van der Waals surface area contributed by atoms with Gasteiger partial charge in [-0.2, -0.15) is 0 Å². The number of ether oxygens (including phenoxy) is 1. The topological polar surface area (TPSA) is 70.7 Å². The van der Waals surface area contributed by atoms with E-state index in [4.69, 9.17) is 11.6 Å². The second-order valence-corrected chi connectivity index (χ2v) is 8.29. The van der Waals surface area contributed by atoms with Crippen molar-refractivity contribution in [3.05, 3.63) is 69.9 Å². The van der Waals surface area contributed by atoms with Gasteiger partial charge < -0.3 is 15.5 Å². The zero-order chi connectivity index (χ0) is 24.0. The number of nitrogens with one attached hydrogen (secondary N) is 2. The van der Waals surface area contributed by atoms with E-state index < -0.39 is 18.9 Å². The Morgan fingerprint density at radius 2 is 1.94 bits per heavy atom. The van der Waals surface area contributed by atoms with Crippen molar-refractivity contribution in [2.75, 3.05) is 32.8 Å². The smallest absolute Gasteiger partial charge is 0.390 e. The van der Waals surface area contributed by atoms with Gasteiger partial charge in [0.05, 0.1) is 6.61 Å². The molecule has 2 aliphatic rings. The van der Waals surface area contributed by atoms with E-state index in [1.54, 1.807) is 42.2 Å². The van der Waals surface area contributed by atoms with Gasteiger partial charge in [0.15, 0.2) is 0 Å². The molecule has 10 heteroatoms. The van der Waals surface area contributed by atoms with Gasteiger partial charge in [-0.15, -0.1) is 13.2 Å². The van der Waals surface area contributed by atoms with Gasteiger partial charge in [-0.05, 0) is 48.8 Å². The molecule has 33 heavy (non-hydrogen) atoms. The maximum absolute atomic E-state index is 12.4. The zero-order valence-corrected chi connectivity index (χ0v) is 18.8. The van der Waals surface area contributed by atoms with Gasteiger partial charge in [0, 0.05) is 54.5 Å². The van der Waals surface area contributed by atoms with Gasteiger partial charge in [0.1, 0.15) is 0 Å². The predicted octanol–water partition coefficient (Wildman–Crippen LogP) is 3.81. The van der Waals surface area contributed by atoms with Crippen molar-refractivity contribution in [3.63, 3.8) is 0 Å². The van der Waals surface area contributed by atoms with Crippen molar-refractivity contribution in [1.82, 2.24) is 15.5 Å². The lowest BCUT2D eigenvalue weighted by molar-refractivity contribution is -0.323. The van der Waals surface area contributed by atoms with E-state index in [0.29, 0.717) is 48.1 Å². The van der Waals surface area contributed by atoms with Crippen LogP contribution in [0.1, 0.15) is 23.7 Å². The Hall–Kier alpha value is -2.78. The third-order valence-electron chi connectivity index (χ3n) is 5.42. The highest BCUT2D eigenvalue weighted by atomic mass is 35.5. The standard InChI is InChI=1S/C23H25ClF3N3O3/c1-15-18(3-2-4-20(15)21(31)29-9-10-33-23(25,26)27)12-28-11-16-13-30(14-16)22(32)17-5-7-19(24)8-6-17/h2,4-8,12,16,28H,3,9-11,13-14H2,1H3,(H,29,31)/b18-12+. The van der Waals surface area contributed by atoms with E-state index in [0.717, 1.165) is 11.1 Å². The number of hydrogen-bond acceptors (Lipinski definition) is 4. The van der Waals surface area contributed by atoms with Crippen LogP contribution in [0.5, 0.6) is 0 Å². The van der Waals surface area contributed by atoms with E-state index in [-0.39, 0.29) is 12.5 Å². The van der Waals surface area contributed by atoms with Crippen LogP contribution in [0.15, 0.2) is 59.3 Å². The molecular formula is C23H25ClF3N3O3. The monoisotopic (exact) mass is 483 g/mol. The van der Waals surface area contributed by atoms with E-state index in [2.05, 4.69) is 15.4 Å². The number of hydrogen-bond donors (Lipinski definition) is 2. The summed E-state index contributed by atoms with van der Waals surface area (Å²) >= 11 is 5.86. The number of halogens is 4. The molecule has 0 spiro atoms. The van der Waals surface area contributed by atoms with Crippen LogP contribution in [0.4, 0.5) is 13.2 Å². The Kier molecular flexibility index (Phi) is 8.20. The molecule has 2 N–H and O–H groups in total. The van der Waals surface area contributed by atoms with E-state index in [1.807, 2.05) is 12.3 Å². The van der Waals surface area contributed by atoms with Gasteiger partial charge in [-0.3, -0.25) is 14.3 Å². The second-order valence-electron chi connectivity index (χ2n) is 7.86. The van der Waals surface area contributed by atoms with Crippen LogP contribution in [0.3, 0.4) is 0 Å². The van der Waals surface area contributed by atoms with Crippen LogP contribution in [0.25, 0.3) is 0 Å². The minimum atomic E-state index is -4.72. The number of rotatable bonds is 8. The summed E-state index contributed by atoms with van der Waals surface area (Å²) in [5.41, 5.74) is 2.69. The molecule has 0 atom stereocenters. The molecule has 1 aliphatic carbocycles. The highest BCUT2D eigenvalue weighted by Crippen LogP contribution is 2.25. The number of allylic oxidation sites excluding steroid dienone is 3. The van der Waals surface area contributed by atoms with E-state index in [1.165, 1.54) is 0 Å². The number of alkyl halides is 3. The zero-order valence-electron chi connectivity index (χ0n) is 18.0. The van der Waals surface area contributed by atoms with Crippen molar-refractivity contribution in [1.29, 1.82) is 0 Å². The van der Waals surface area contributed by atoms with Crippen molar-refractivity contribution in [3.8, 4) is 0 Å². The first-order chi connectivity index (χ1) is 15.6. The Labute approximate surface area is 195 Å². The molecule has 0 aromatic heterocycles. The Balaban J connectivity index is 1.44. The normalized spacial score (nSPS) is 17.8. The number of benzene rings is 1. The molecule has 0 bridgehead atoms. The summed E-state index contributed by atoms with van der Waals surface area (Å²) in [5.74, 6) is -0.151. The molecule has 0 saturated carbocycles. The fourth-order valence-electron chi connectivity index (χ4n) is 3.58. The van der Waals surface area contributed by atoms with Crippen LogP contribution in [-0.2, 0) is 9.53 Å². The highest BCUT2D eigenvalue weighted by molar-refractivity contribution is 6.30. The molecule has 6 nitrogen and oxygen atoms in total. The average molecular weight is 484 g/mol. The van der Waals surface area contributed by atoms with Crippen molar-refractivity contribution < 1.29 is 27.5 Å². The molecule has 0 radical (unpaired) electrons. The Morgan fingerprint density at radius 1 is 1.24 bits per heavy atom. The van der Waals surface area contributed by atoms with Crippen molar-refractivity contribution >= 4 is 23.4 Å². The number of amides is 2. The maximum Gasteiger partial charge on any atom is 0.522 e. The third kappa shape index (κ3) is 7.10. The van der Waals surface area contributed by atoms with Gasteiger partial charge in [-0.1, -0.05) is 23.8 Å². The number of likely N-dealkylation sites (tertiary alicyclic amines) is 1. The summed E-state index contributed by atoms with van der Waals surface area (Å²) in [5, 5.41) is 6.28. The summed E-state index contributed by atoms with van der Waals surface area (Å²) in [6.07, 6.45) is 1.27. The predicted molar refractivity (Wildman–Crippen MR) is 118 cm³/mol. The van der Waals surface area contributed by atoms with Gasteiger partial charge in [-0.25, -0.2) is 0 Å². The molecular weight excluding hydrogens is 459 g/mol.